The van der Waals surface area contributed by atoms with E-state index in [9.17, 15) is 4.79 Å². The number of hydrogen-bond donors (Lipinski definition) is 2. The number of hydroxylamine groups is 1. The van der Waals surface area contributed by atoms with Gasteiger partial charge in [0.1, 0.15) is 5.82 Å². The Kier molecular flexibility index (Phi) is 3.75. The summed E-state index contributed by atoms with van der Waals surface area (Å²) in [5, 5.41) is 8.21. The van der Waals surface area contributed by atoms with Gasteiger partial charge >= 0.3 is 0 Å². The van der Waals surface area contributed by atoms with Crippen molar-refractivity contribution < 1.29 is 10.0 Å². The van der Waals surface area contributed by atoms with Gasteiger partial charge in [0.25, 0.3) is 5.91 Å². The summed E-state index contributed by atoms with van der Waals surface area (Å²) in [7, 11) is 0. The van der Waals surface area contributed by atoms with Crippen molar-refractivity contribution in [3.63, 3.8) is 0 Å². The van der Waals surface area contributed by atoms with Gasteiger partial charge in [-0.3, -0.25) is 10.0 Å². The first-order valence-corrected chi connectivity index (χ1v) is 4.19. The third kappa shape index (κ3) is 2.95. The van der Waals surface area contributed by atoms with Gasteiger partial charge in [-0.05, 0) is 6.08 Å². The molecular weight excluding hydrogens is 182 g/mol. The Labute approximate surface area is 81.5 Å². The van der Waals surface area contributed by atoms with Crippen molar-refractivity contribution in [1.29, 1.82) is 0 Å². The Balaban J connectivity index is 2.68. The highest BCUT2D eigenvalue weighted by molar-refractivity contribution is 5.90. The van der Waals surface area contributed by atoms with Crippen LogP contribution in [0.1, 0.15) is 18.3 Å². The number of carbonyl (C=O) groups excluding carboxylic acids is 1. The molecule has 0 aliphatic rings. The lowest BCUT2D eigenvalue weighted by molar-refractivity contribution is -0.124. The fourth-order valence-electron chi connectivity index (χ4n) is 0.843. The standard InChI is InChI=1S/C9H11N3O2/c1-2-8-10-5-7(6-11-8)3-4-9(13)12-14/h3-6,14H,2H2,1H3,(H,12,13)/b4-3+. The minimum atomic E-state index is -0.579. The molecule has 1 aromatic rings. The predicted molar refractivity (Wildman–Crippen MR) is 50.4 cm³/mol. The zero-order chi connectivity index (χ0) is 10.4. The van der Waals surface area contributed by atoms with Crippen LogP contribution in [0.25, 0.3) is 6.08 Å². The van der Waals surface area contributed by atoms with Gasteiger partial charge in [0.05, 0.1) is 0 Å². The number of amides is 1. The summed E-state index contributed by atoms with van der Waals surface area (Å²) in [5.74, 6) is 0.179. The highest BCUT2D eigenvalue weighted by atomic mass is 16.5. The van der Waals surface area contributed by atoms with Crippen LogP contribution < -0.4 is 5.48 Å². The summed E-state index contributed by atoms with van der Waals surface area (Å²) in [6.07, 6.45) is 6.73. The fourth-order valence-corrected chi connectivity index (χ4v) is 0.843. The monoisotopic (exact) mass is 193 g/mol. The lowest BCUT2D eigenvalue weighted by Crippen LogP contribution is -2.14. The molecule has 0 saturated heterocycles. The van der Waals surface area contributed by atoms with E-state index in [0.29, 0.717) is 5.56 Å². The molecule has 0 aromatic carbocycles. The maximum atomic E-state index is 10.6. The van der Waals surface area contributed by atoms with Crippen molar-refractivity contribution >= 4 is 12.0 Å². The maximum Gasteiger partial charge on any atom is 0.267 e. The molecule has 0 saturated carbocycles. The van der Waals surface area contributed by atoms with E-state index < -0.39 is 5.91 Å². The molecule has 5 nitrogen and oxygen atoms in total. The zero-order valence-electron chi connectivity index (χ0n) is 7.77. The van der Waals surface area contributed by atoms with Crippen molar-refractivity contribution in [2.75, 3.05) is 0 Å². The molecule has 0 radical (unpaired) electrons. The second-order valence-electron chi connectivity index (χ2n) is 2.60. The van der Waals surface area contributed by atoms with E-state index in [0.717, 1.165) is 12.2 Å². The van der Waals surface area contributed by atoms with Crippen molar-refractivity contribution in [1.82, 2.24) is 15.4 Å². The van der Waals surface area contributed by atoms with E-state index in [1.165, 1.54) is 17.6 Å². The SMILES string of the molecule is CCc1ncc(/C=C/C(=O)NO)cn1. The molecule has 0 aliphatic heterocycles. The molecule has 0 atom stereocenters. The first-order valence-electron chi connectivity index (χ1n) is 4.19. The lowest BCUT2D eigenvalue weighted by Gasteiger charge is -1.95. The Bertz CT molecular complexity index is 332. The Morgan fingerprint density at radius 3 is 2.71 bits per heavy atom. The first kappa shape index (κ1) is 10.3. The quantitative estimate of drug-likeness (QED) is 0.418. The summed E-state index contributed by atoms with van der Waals surface area (Å²) in [5.41, 5.74) is 2.20. The van der Waals surface area contributed by atoms with Crippen LogP contribution in [0.2, 0.25) is 0 Å². The van der Waals surface area contributed by atoms with E-state index in [4.69, 9.17) is 5.21 Å². The average molecular weight is 193 g/mol. The number of carbonyl (C=O) groups is 1. The number of rotatable bonds is 3. The van der Waals surface area contributed by atoms with Crippen LogP contribution in [-0.2, 0) is 11.2 Å². The Morgan fingerprint density at radius 1 is 1.57 bits per heavy atom. The van der Waals surface area contributed by atoms with Gasteiger partial charge in [-0.1, -0.05) is 6.92 Å². The van der Waals surface area contributed by atoms with Crippen molar-refractivity contribution in [2.24, 2.45) is 0 Å². The highest BCUT2D eigenvalue weighted by Gasteiger charge is 1.93. The fraction of sp³-hybridized carbons (Fsp3) is 0.222. The molecule has 2 N–H and O–H groups in total. The maximum absolute atomic E-state index is 10.6. The van der Waals surface area contributed by atoms with E-state index in [1.807, 2.05) is 6.92 Å². The van der Waals surface area contributed by atoms with E-state index >= 15 is 0 Å². The summed E-state index contributed by atoms with van der Waals surface area (Å²) >= 11 is 0. The minimum absolute atomic E-state index is 0.579. The molecule has 1 rings (SSSR count). The van der Waals surface area contributed by atoms with Crippen LogP contribution in [0, 0.1) is 0 Å². The topological polar surface area (TPSA) is 75.1 Å². The van der Waals surface area contributed by atoms with Crippen molar-refractivity contribution in [3.8, 4) is 0 Å². The summed E-state index contributed by atoms with van der Waals surface area (Å²) in [6, 6.07) is 0. The van der Waals surface area contributed by atoms with Crippen LogP contribution in [0.15, 0.2) is 18.5 Å². The third-order valence-corrected chi connectivity index (χ3v) is 1.58. The van der Waals surface area contributed by atoms with Crippen molar-refractivity contribution in [3.05, 3.63) is 29.9 Å². The molecule has 1 aromatic heterocycles. The van der Waals surface area contributed by atoms with Gasteiger partial charge in [0.15, 0.2) is 0 Å². The highest BCUT2D eigenvalue weighted by Crippen LogP contribution is 1.99. The molecule has 0 unspecified atom stereocenters. The van der Waals surface area contributed by atoms with E-state index in [2.05, 4.69) is 9.97 Å². The predicted octanol–water partition coefficient (Wildman–Crippen LogP) is 0.558. The van der Waals surface area contributed by atoms with Gasteiger partial charge in [-0.15, -0.1) is 0 Å². The average Bonchev–Trinajstić information content (AvgIpc) is 2.26. The van der Waals surface area contributed by atoms with Gasteiger partial charge in [-0.25, -0.2) is 15.4 Å². The van der Waals surface area contributed by atoms with Gasteiger partial charge in [0, 0.05) is 30.5 Å². The molecular formula is C9H11N3O2. The summed E-state index contributed by atoms with van der Waals surface area (Å²) in [6.45, 7) is 1.96. The van der Waals surface area contributed by atoms with Crippen LogP contribution >= 0.6 is 0 Å². The van der Waals surface area contributed by atoms with Crippen molar-refractivity contribution in [2.45, 2.75) is 13.3 Å². The van der Waals surface area contributed by atoms with Crippen LogP contribution in [0.5, 0.6) is 0 Å². The zero-order valence-corrected chi connectivity index (χ0v) is 7.77. The molecule has 14 heavy (non-hydrogen) atoms. The second-order valence-corrected chi connectivity index (χ2v) is 2.60. The molecule has 0 aliphatic carbocycles. The van der Waals surface area contributed by atoms with Gasteiger partial charge < -0.3 is 0 Å². The molecule has 74 valence electrons. The molecule has 0 spiro atoms. The molecule has 0 bridgehead atoms. The number of aryl methyl sites for hydroxylation is 1. The summed E-state index contributed by atoms with van der Waals surface area (Å²) < 4.78 is 0. The van der Waals surface area contributed by atoms with E-state index in [1.54, 1.807) is 12.4 Å². The number of hydrogen-bond acceptors (Lipinski definition) is 4. The first-order chi connectivity index (χ1) is 6.76. The minimum Gasteiger partial charge on any atom is -0.288 e. The molecule has 5 heteroatoms. The smallest absolute Gasteiger partial charge is 0.267 e. The van der Waals surface area contributed by atoms with Crippen LogP contribution in [0.3, 0.4) is 0 Å². The normalized spacial score (nSPS) is 10.4. The summed E-state index contributed by atoms with van der Waals surface area (Å²) in [4.78, 5) is 18.7. The Hall–Kier alpha value is -1.75. The van der Waals surface area contributed by atoms with Gasteiger partial charge in [0.2, 0.25) is 0 Å². The van der Waals surface area contributed by atoms with Gasteiger partial charge in [-0.2, -0.15) is 0 Å². The Morgan fingerprint density at radius 2 is 2.21 bits per heavy atom. The molecule has 0 fully saturated rings. The van der Waals surface area contributed by atoms with E-state index in [-0.39, 0.29) is 0 Å². The van der Waals surface area contributed by atoms with Crippen LogP contribution in [0.4, 0.5) is 0 Å². The second kappa shape index (κ2) is 5.08. The third-order valence-electron chi connectivity index (χ3n) is 1.58. The number of aromatic nitrogens is 2. The molecule has 1 amide bonds. The number of nitrogens with one attached hydrogen (secondary N) is 1. The van der Waals surface area contributed by atoms with Crippen LogP contribution in [-0.4, -0.2) is 21.1 Å². The largest absolute Gasteiger partial charge is 0.288 e. The molecule has 1 heterocycles. The lowest BCUT2D eigenvalue weighted by atomic mass is 10.3. The number of nitrogens with zero attached hydrogens (tertiary/aromatic N) is 2.